The molecule has 1 heterocycles. The first-order valence-corrected chi connectivity index (χ1v) is 9.81. The number of sulfonamides is 1. The summed E-state index contributed by atoms with van der Waals surface area (Å²) in [7, 11) is -3.79. The highest BCUT2D eigenvalue weighted by molar-refractivity contribution is 7.89. The van der Waals surface area contributed by atoms with Crippen LogP contribution in [0.5, 0.6) is 0 Å². The van der Waals surface area contributed by atoms with E-state index in [4.69, 9.17) is 10.9 Å². The van der Waals surface area contributed by atoms with E-state index in [2.05, 4.69) is 5.32 Å². The van der Waals surface area contributed by atoms with Gasteiger partial charge in [-0.1, -0.05) is 24.3 Å². The topological polar surface area (TPSA) is 136 Å². The van der Waals surface area contributed by atoms with Gasteiger partial charge in [-0.05, 0) is 41.8 Å². The van der Waals surface area contributed by atoms with Crippen LogP contribution in [0.3, 0.4) is 0 Å². The fraction of sp³-hybridized carbons (Fsp3) is 0.222. The molecule has 0 fully saturated rings. The smallest absolute Gasteiger partial charge is 0.238 e. The average Bonchev–Trinajstić information content (AvgIpc) is 2.60. The van der Waals surface area contributed by atoms with Crippen molar-refractivity contribution in [1.82, 2.24) is 4.90 Å². The highest BCUT2D eigenvalue weighted by atomic mass is 32.2. The van der Waals surface area contributed by atoms with E-state index in [-0.39, 0.29) is 17.3 Å². The minimum absolute atomic E-state index is 0.0150. The summed E-state index contributed by atoms with van der Waals surface area (Å²) in [5.74, 6) is -0.807. The van der Waals surface area contributed by atoms with E-state index in [9.17, 15) is 18.0 Å². The second kappa shape index (κ2) is 7.47. The third-order valence-electron chi connectivity index (χ3n) is 4.49. The Balaban J connectivity index is 1.70. The van der Waals surface area contributed by atoms with Gasteiger partial charge in [-0.3, -0.25) is 14.5 Å². The molecule has 27 heavy (non-hydrogen) atoms. The van der Waals surface area contributed by atoms with Crippen LogP contribution in [0.4, 0.5) is 5.69 Å². The predicted octanol–water partition coefficient (Wildman–Crippen LogP) is 0.185. The van der Waals surface area contributed by atoms with Crippen molar-refractivity contribution < 1.29 is 18.0 Å². The Morgan fingerprint density at radius 1 is 1.07 bits per heavy atom. The number of primary amides is 1. The third-order valence-corrected chi connectivity index (χ3v) is 5.42. The van der Waals surface area contributed by atoms with Crippen molar-refractivity contribution in [3.8, 4) is 0 Å². The summed E-state index contributed by atoms with van der Waals surface area (Å²) in [4.78, 5) is 25.9. The van der Waals surface area contributed by atoms with Gasteiger partial charge in [0.15, 0.2) is 0 Å². The number of nitrogens with two attached hydrogens (primary N) is 2. The lowest BCUT2D eigenvalue weighted by Gasteiger charge is -2.34. The summed E-state index contributed by atoms with van der Waals surface area (Å²) in [6.07, 6.45) is 0.460. The van der Waals surface area contributed by atoms with Gasteiger partial charge in [-0.25, -0.2) is 13.6 Å². The fourth-order valence-corrected chi connectivity index (χ4v) is 3.65. The van der Waals surface area contributed by atoms with Crippen molar-refractivity contribution in [2.45, 2.75) is 23.9 Å². The number of nitrogens with one attached hydrogen (secondary N) is 1. The van der Waals surface area contributed by atoms with Crippen LogP contribution in [0.2, 0.25) is 0 Å². The van der Waals surface area contributed by atoms with Crippen LogP contribution in [0.25, 0.3) is 0 Å². The molecule has 0 saturated heterocycles. The number of amides is 2. The van der Waals surface area contributed by atoms with E-state index < -0.39 is 22.0 Å². The van der Waals surface area contributed by atoms with Gasteiger partial charge in [-0.15, -0.1) is 0 Å². The van der Waals surface area contributed by atoms with E-state index in [1.165, 1.54) is 24.3 Å². The van der Waals surface area contributed by atoms with Crippen molar-refractivity contribution in [2.75, 3.05) is 11.9 Å². The molecule has 0 bridgehead atoms. The molecule has 2 aromatic carbocycles. The number of benzene rings is 2. The van der Waals surface area contributed by atoms with Crippen LogP contribution in [-0.4, -0.2) is 37.7 Å². The number of nitrogens with zero attached hydrogens (tertiary/aromatic N) is 1. The largest absolute Gasteiger partial charge is 0.368 e. The van der Waals surface area contributed by atoms with E-state index in [1.54, 1.807) is 4.90 Å². The van der Waals surface area contributed by atoms with Gasteiger partial charge in [0, 0.05) is 12.2 Å². The number of rotatable bonds is 5. The molecule has 2 aromatic rings. The minimum Gasteiger partial charge on any atom is -0.368 e. The molecule has 5 N–H and O–H groups in total. The monoisotopic (exact) mass is 388 g/mol. The molecule has 0 radical (unpaired) electrons. The predicted molar refractivity (Wildman–Crippen MR) is 100.0 cm³/mol. The molecule has 142 valence electrons. The molecule has 3 rings (SSSR count). The highest BCUT2D eigenvalue weighted by Crippen LogP contribution is 2.23. The van der Waals surface area contributed by atoms with Crippen molar-refractivity contribution in [3.63, 3.8) is 0 Å². The zero-order chi connectivity index (χ0) is 19.6. The number of anilines is 1. The standard InChI is InChI=1S/C18H20N4O4S/c19-18(24)16-9-12-3-1-2-4-13(12)10-22(16)11-17(23)21-14-5-7-15(8-6-14)27(20,25)26/h1-8,16H,9-11H2,(H2,19,24)(H,21,23)(H2,20,25,26). The van der Waals surface area contributed by atoms with Gasteiger partial charge < -0.3 is 11.1 Å². The molecule has 0 aliphatic carbocycles. The van der Waals surface area contributed by atoms with Crippen LogP contribution < -0.4 is 16.2 Å². The van der Waals surface area contributed by atoms with Crippen LogP contribution in [0, 0.1) is 0 Å². The zero-order valence-corrected chi connectivity index (χ0v) is 15.3. The van der Waals surface area contributed by atoms with Crippen LogP contribution in [0.1, 0.15) is 11.1 Å². The molecule has 1 atom stereocenters. The Morgan fingerprint density at radius 3 is 2.30 bits per heavy atom. The number of hydrogen-bond acceptors (Lipinski definition) is 5. The van der Waals surface area contributed by atoms with Crippen molar-refractivity contribution in [1.29, 1.82) is 0 Å². The van der Waals surface area contributed by atoms with Crippen molar-refractivity contribution in [2.24, 2.45) is 10.9 Å². The van der Waals surface area contributed by atoms with Crippen LogP contribution in [0.15, 0.2) is 53.4 Å². The zero-order valence-electron chi connectivity index (χ0n) is 14.5. The molecule has 1 unspecified atom stereocenters. The first-order valence-electron chi connectivity index (χ1n) is 8.27. The van der Waals surface area contributed by atoms with Gasteiger partial charge in [0.25, 0.3) is 0 Å². The molecule has 0 spiro atoms. The number of carbonyl (C=O) groups excluding carboxylic acids is 2. The lowest BCUT2D eigenvalue weighted by Crippen LogP contribution is -2.50. The molecule has 9 heteroatoms. The van der Waals surface area contributed by atoms with Gasteiger partial charge in [0.2, 0.25) is 21.8 Å². The Hall–Kier alpha value is -2.75. The molecule has 1 aliphatic rings. The molecule has 2 amide bonds. The van der Waals surface area contributed by atoms with E-state index in [0.29, 0.717) is 18.7 Å². The van der Waals surface area contributed by atoms with Gasteiger partial charge in [0.1, 0.15) is 0 Å². The first kappa shape index (κ1) is 19.0. The van der Waals surface area contributed by atoms with Crippen molar-refractivity contribution in [3.05, 3.63) is 59.7 Å². The third kappa shape index (κ3) is 4.51. The Labute approximate surface area is 157 Å². The van der Waals surface area contributed by atoms with Crippen molar-refractivity contribution >= 4 is 27.5 Å². The summed E-state index contributed by atoms with van der Waals surface area (Å²) >= 11 is 0. The van der Waals surface area contributed by atoms with E-state index in [1.807, 2.05) is 24.3 Å². The number of carbonyl (C=O) groups is 2. The first-order chi connectivity index (χ1) is 12.7. The van der Waals surface area contributed by atoms with Gasteiger partial charge in [0.05, 0.1) is 17.5 Å². The molecular formula is C18H20N4O4S. The van der Waals surface area contributed by atoms with E-state index in [0.717, 1.165) is 11.1 Å². The summed E-state index contributed by atoms with van der Waals surface area (Å²) in [6, 6.07) is 12.7. The minimum atomic E-state index is -3.79. The maximum absolute atomic E-state index is 12.4. The summed E-state index contributed by atoms with van der Waals surface area (Å²) in [6.45, 7) is 0.431. The molecule has 8 nitrogen and oxygen atoms in total. The van der Waals surface area contributed by atoms with Crippen LogP contribution in [-0.2, 0) is 32.6 Å². The summed E-state index contributed by atoms with van der Waals surface area (Å²) in [5, 5.41) is 7.73. The number of hydrogen-bond donors (Lipinski definition) is 3. The lowest BCUT2D eigenvalue weighted by atomic mass is 9.93. The number of fused-ring (bicyclic) bond motifs is 1. The quantitative estimate of drug-likeness (QED) is 0.672. The van der Waals surface area contributed by atoms with Gasteiger partial charge >= 0.3 is 0 Å². The summed E-state index contributed by atoms with van der Waals surface area (Å²) < 4.78 is 22.5. The highest BCUT2D eigenvalue weighted by Gasteiger charge is 2.31. The Morgan fingerprint density at radius 2 is 1.70 bits per heavy atom. The molecular weight excluding hydrogens is 368 g/mol. The normalized spacial score (nSPS) is 17.1. The Bertz CT molecular complexity index is 973. The van der Waals surface area contributed by atoms with Crippen LogP contribution >= 0.6 is 0 Å². The van der Waals surface area contributed by atoms with E-state index >= 15 is 0 Å². The van der Waals surface area contributed by atoms with Gasteiger partial charge in [-0.2, -0.15) is 0 Å². The second-order valence-corrected chi connectivity index (χ2v) is 7.97. The second-order valence-electron chi connectivity index (χ2n) is 6.41. The molecule has 0 saturated carbocycles. The Kier molecular flexibility index (Phi) is 5.26. The number of primary sulfonamides is 1. The average molecular weight is 388 g/mol. The lowest BCUT2D eigenvalue weighted by molar-refractivity contribution is -0.125. The SMILES string of the molecule is NC(=O)C1Cc2ccccc2CN1CC(=O)Nc1ccc(S(N)(=O)=O)cc1. The molecule has 1 aliphatic heterocycles. The molecule has 0 aromatic heterocycles. The maximum Gasteiger partial charge on any atom is 0.238 e. The summed E-state index contributed by atoms with van der Waals surface area (Å²) in [5.41, 5.74) is 8.06. The fourth-order valence-electron chi connectivity index (χ4n) is 3.14. The maximum atomic E-state index is 12.4.